The van der Waals surface area contributed by atoms with E-state index in [9.17, 15) is 22.8 Å². The second-order valence-corrected chi connectivity index (χ2v) is 25.3. The number of carbonyl (C=O) groups is 1. The molecule has 1 saturated heterocycles. The van der Waals surface area contributed by atoms with Crippen molar-refractivity contribution < 1.29 is 35.7 Å². The van der Waals surface area contributed by atoms with Gasteiger partial charge in [0.1, 0.15) is 18.8 Å². The van der Waals surface area contributed by atoms with Gasteiger partial charge in [-0.3, -0.25) is 14.2 Å². The minimum Gasteiger partial charge on any atom is -0.468 e. The molecule has 0 aromatic carbocycles. The number of aromatic nitrogens is 2. The molecule has 0 amide bonds. The van der Waals surface area contributed by atoms with E-state index in [-0.39, 0.29) is 27.9 Å². The van der Waals surface area contributed by atoms with Crippen molar-refractivity contribution in [2.24, 2.45) is 5.73 Å². The number of esters is 1. The number of carbonyl (C=O) groups excluding carboxylic acids is 1. The van der Waals surface area contributed by atoms with Crippen LogP contribution in [-0.2, 0) is 44.0 Å². The number of nitrogens with zero attached hydrogens (tertiary/aromatic N) is 2. The maximum absolute atomic E-state index is 13.8. The number of nitrogens with two attached hydrogens (primary N) is 1. The second-order valence-electron chi connectivity index (χ2n) is 14.3. The Balaban J connectivity index is 2.31. The van der Waals surface area contributed by atoms with Gasteiger partial charge in [-0.1, -0.05) is 41.5 Å². The van der Waals surface area contributed by atoms with Crippen LogP contribution >= 0.6 is 0 Å². The quantitative estimate of drug-likeness (QED) is 0.247. The molecule has 2 aliphatic rings. The minimum absolute atomic E-state index is 0.107. The molecule has 1 spiro atoms. The zero-order chi connectivity index (χ0) is 33.1. The average Bonchev–Trinajstić information content (AvgIpc) is 3.27. The van der Waals surface area contributed by atoms with Gasteiger partial charge in [-0.2, -0.15) is 8.42 Å². The molecule has 244 valence electrons. The van der Waals surface area contributed by atoms with Gasteiger partial charge in [0.15, 0.2) is 28.5 Å². The Kier molecular flexibility index (Phi) is 9.36. The molecule has 3 heterocycles. The second kappa shape index (κ2) is 11.4. The number of hydrogen-bond donors (Lipinski definition) is 1. The Hall–Kier alpha value is -2.09. The van der Waals surface area contributed by atoms with Gasteiger partial charge >= 0.3 is 11.7 Å². The van der Waals surface area contributed by atoms with Crippen molar-refractivity contribution in [3.8, 4) is 0 Å². The maximum Gasteiger partial charge on any atom is 0.333 e. The standard InChI is InChI=1S/C27H47N3O10SSi2/c1-17-13-30(24(33)29(22(17)32)14-20(31)36-8)23-21(39-43(11,12)26(5,6)7)27(18(28)16-41(34,35)40-27)19(38-23)15-37-42(9,10)25(2,3)4/h13,16,19,21,23H,14-15,28H2,1-12H3/t19-,21+,23-,27?/m1/s1. The number of rotatable bonds is 8. The Morgan fingerprint density at radius 3 is 2.09 bits per heavy atom. The van der Waals surface area contributed by atoms with Gasteiger partial charge in [-0.15, -0.1) is 0 Å². The van der Waals surface area contributed by atoms with Crippen molar-refractivity contribution in [3.05, 3.63) is 43.7 Å². The third-order valence-corrected chi connectivity index (χ3v) is 19.2. The lowest BCUT2D eigenvalue weighted by molar-refractivity contribution is -0.141. The lowest BCUT2D eigenvalue weighted by atomic mass is 9.89. The first-order chi connectivity index (χ1) is 19.3. The van der Waals surface area contributed by atoms with Crippen molar-refractivity contribution in [3.63, 3.8) is 0 Å². The molecule has 13 nitrogen and oxygen atoms in total. The SMILES string of the molecule is COC(=O)Cn1c(=O)c(C)cn([C@@H]2O[C@H](CO[Si](C)(C)C(C)(C)C)C3(OS(=O)(=O)C=C3N)[C@H]2O[Si](C)(C)C(C)(C)C)c1=O. The summed E-state index contributed by atoms with van der Waals surface area (Å²) in [5, 5.41) is 0.303. The van der Waals surface area contributed by atoms with Gasteiger partial charge in [-0.05, 0) is 43.2 Å². The number of aryl methyl sites for hydroxylation is 1. The first-order valence-electron chi connectivity index (χ1n) is 14.1. The van der Waals surface area contributed by atoms with Gasteiger partial charge in [0.25, 0.3) is 15.7 Å². The molecule has 16 heteroatoms. The van der Waals surface area contributed by atoms with E-state index in [2.05, 4.69) is 20.8 Å². The van der Waals surface area contributed by atoms with Crippen LogP contribution in [0.5, 0.6) is 0 Å². The third-order valence-electron chi connectivity index (χ3n) is 9.23. The van der Waals surface area contributed by atoms with Crippen molar-refractivity contribution >= 4 is 32.7 Å². The third kappa shape index (κ3) is 6.51. The highest BCUT2D eigenvalue weighted by Crippen LogP contribution is 2.52. The fourth-order valence-electron chi connectivity index (χ4n) is 4.49. The zero-order valence-corrected chi connectivity index (χ0v) is 30.1. The van der Waals surface area contributed by atoms with Crippen molar-refractivity contribution in [1.82, 2.24) is 9.13 Å². The Morgan fingerprint density at radius 2 is 1.63 bits per heavy atom. The van der Waals surface area contributed by atoms with E-state index in [0.29, 0.717) is 0 Å². The van der Waals surface area contributed by atoms with Crippen molar-refractivity contribution in [2.45, 2.75) is 115 Å². The van der Waals surface area contributed by atoms with E-state index in [1.165, 1.54) is 13.1 Å². The molecule has 43 heavy (non-hydrogen) atoms. The van der Waals surface area contributed by atoms with Gasteiger partial charge in [0.05, 0.1) is 24.8 Å². The summed E-state index contributed by atoms with van der Waals surface area (Å²) in [6.07, 6.45) is -2.38. The predicted octanol–water partition coefficient (Wildman–Crippen LogP) is 2.70. The molecule has 3 rings (SSSR count). The highest BCUT2D eigenvalue weighted by molar-refractivity contribution is 7.90. The fourth-order valence-corrected chi connectivity index (χ4v) is 7.99. The molecule has 2 aliphatic heterocycles. The molecular weight excluding hydrogens is 615 g/mol. The molecule has 1 unspecified atom stereocenters. The van der Waals surface area contributed by atoms with E-state index in [1.54, 1.807) is 0 Å². The topological polar surface area (TPSA) is 167 Å². The molecule has 0 radical (unpaired) electrons. The highest BCUT2D eigenvalue weighted by Gasteiger charge is 2.67. The number of ether oxygens (including phenoxy) is 2. The van der Waals surface area contributed by atoms with E-state index in [1.807, 2.05) is 47.0 Å². The number of methoxy groups -OCH3 is 1. The molecule has 0 saturated carbocycles. The first-order valence-corrected chi connectivity index (χ1v) is 21.4. The van der Waals surface area contributed by atoms with Crippen LogP contribution in [0.25, 0.3) is 0 Å². The highest BCUT2D eigenvalue weighted by atomic mass is 32.2. The van der Waals surface area contributed by atoms with Gasteiger partial charge in [-0.25, -0.2) is 13.5 Å². The molecule has 0 bridgehead atoms. The van der Waals surface area contributed by atoms with Gasteiger partial charge < -0.3 is 24.1 Å². The largest absolute Gasteiger partial charge is 0.468 e. The van der Waals surface area contributed by atoms with Crippen LogP contribution in [0.2, 0.25) is 36.3 Å². The summed E-state index contributed by atoms with van der Waals surface area (Å²) in [6, 6.07) is 0. The van der Waals surface area contributed by atoms with E-state index in [0.717, 1.165) is 21.7 Å². The van der Waals surface area contributed by atoms with E-state index < -0.39 is 74.6 Å². The maximum atomic E-state index is 13.8. The monoisotopic (exact) mass is 661 g/mol. The normalized spacial score (nSPS) is 26.1. The minimum atomic E-state index is -4.26. The summed E-state index contributed by atoms with van der Waals surface area (Å²) in [5.74, 6) is -0.799. The average molecular weight is 662 g/mol. The Bertz CT molecular complexity index is 1520. The summed E-state index contributed by atoms with van der Waals surface area (Å²) in [5.41, 5.74) is 3.05. The Morgan fingerprint density at radius 1 is 1.07 bits per heavy atom. The summed E-state index contributed by atoms with van der Waals surface area (Å²) >= 11 is 0. The Labute approximate surface area is 255 Å². The van der Waals surface area contributed by atoms with Crippen molar-refractivity contribution in [2.75, 3.05) is 13.7 Å². The molecule has 4 atom stereocenters. The van der Waals surface area contributed by atoms with Gasteiger partial charge in [0, 0.05) is 11.8 Å². The van der Waals surface area contributed by atoms with E-state index >= 15 is 0 Å². The number of hydrogen-bond acceptors (Lipinski definition) is 11. The van der Waals surface area contributed by atoms with Crippen LogP contribution in [0.4, 0.5) is 0 Å². The van der Waals surface area contributed by atoms with Crippen LogP contribution in [0, 0.1) is 6.92 Å². The van der Waals surface area contributed by atoms with Crippen LogP contribution in [-0.4, -0.2) is 71.7 Å². The van der Waals surface area contributed by atoms with E-state index in [4.69, 9.17) is 28.2 Å². The molecule has 1 fully saturated rings. The summed E-state index contributed by atoms with van der Waals surface area (Å²) in [4.78, 5) is 38.9. The van der Waals surface area contributed by atoms with Crippen LogP contribution in [0.15, 0.2) is 26.9 Å². The van der Waals surface area contributed by atoms with Crippen LogP contribution < -0.4 is 17.0 Å². The summed E-state index contributed by atoms with van der Waals surface area (Å²) in [7, 11) is -8.26. The van der Waals surface area contributed by atoms with Crippen molar-refractivity contribution in [1.29, 1.82) is 0 Å². The van der Waals surface area contributed by atoms with Crippen LogP contribution in [0.3, 0.4) is 0 Å². The van der Waals surface area contributed by atoms with Gasteiger partial charge in [0.2, 0.25) is 0 Å². The predicted molar refractivity (Wildman–Crippen MR) is 166 cm³/mol. The molecular formula is C27H47N3O10SSi2. The molecule has 1 aromatic rings. The first kappa shape index (κ1) is 35.4. The smallest absolute Gasteiger partial charge is 0.333 e. The zero-order valence-electron chi connectivity index (χ0n) is 27.3. The van der Waals surface area contributed by atoms with Crippen LogP contribution in [0.1, 0.15) is 53.3 Å². The lowest BCUT2D eigenvalue weighted by Gasteiger charge is -2.43. The summed E-state index contributed by atoms with van der Waals surface area (Å²) in [6.45, 7) is 21.0. The lowest BCUT2D eigenvalue weighted by Crippen LogP contribution is -2.59. The molecule has 2 N–H and O–H groups in total. The summed E-state index contributed by atoms with van der Waals surface area (Å²) < 4.78 is 58.1. The fraction of sp³-hybridized carbons (Fsp3) is 0.741. The molecule has 0 aliphatic carbocycles. The molecule has 1 aromatic heterocycles.